The Morgan fingerprint density at radius 2 is 1.86 bits per heavy atom. The fourth-order valence-electron chi connectivity index (χ4n) is 3.24. The molecule has 2 heterocycles. The first kappa shape index (κ1) is 18.5. The number of nitrogens with zero attached hydrogens (tertiary/aromatic N) is 4. The molecule has 1 fully saturated rings. The van der Waals surface area contributed by atoms with Crippen molar-refractivity contribution in [1.82, 2.24) is 5.01 Å². The molecule has 1 N–H and O–H groups in total. The quantitative estimate of drug-likeness (QED) is 0.775. The van der Waals surface area contributed by atoms with Gasteiger partial charge in [-0.1, -0.05) is 17.4 Å². The van der Waals surface area contributed by atoms with Gasteiger partial charge in [0.25, 0.3) is 11.8 Å². The molecule has 29 heavy (non-hydrogen) atoms. The number of carbonyl (C=O) groups excluding carboxylic acids is 3. The van der Waals surface area contributed by atoms with E-state index in [9.17, 15) is 18.8 Å². The highest BCUT2D eigenvalue weighted by Crippen LogP contribution is 2.32. The molecule has 0 saturated carbocycles. The predicted octanol–water partition coefficient (Wildman–Crippen LogP) is 1.77. The van der Waals surface area contributed by atoms with Crippen LogP contribution in [-0.2, 0) is 14.4 Å². The number of benzene rings is 2. The van der Waals surface area contributed by atoms with Gasteiger partial charge in [0.15, 0.2) is 12.1 Å². The number of hydrogen-bond donors (Lipinski definition) is 1. The van der Waals surface area contributed by atoms with E-state index in [4.69, 9.17) is 4.74 Å². The van der Waals surface area contributed by atoms with E-state index >= 15 is 0 Å². The number of imide groups is 1. The molecule has 0 radical (unpaired) electrons. The van der Waals surface area contributed by atoms with Crippen LogP contribution in [0.3, 0.4) is 0 Å². The van der Waals surface area contributed by atoms with Gasteiger partial charge in [-0.25, -0.2) is 9.29 Å². The molecule has 148 valence electrons. The molecule has 0 bridgehead atoms. The second kappa shape index (κ2) is 7.30. The lowest BCUT2D eigenvalue weighted by atomic mass is 10.1. The number of halogens is 1. The van der Waals surface area contributed by atoms with Crippen LogP contribution in [0, 0.1) is 5.82 Å². The van der Waals surface area contributed by atoms with E-state index < -0.39 is 35.6 Å². The summed E-state index contributed by atoms with van der Waals surface area (Å²) in [5.41, 5.74) is 0.389. The zero-order valence-electron chi connectivity index (χ0n) is 15.3. The molecule has 0 aliphatic carbocycles. The summed E-state index contributed by atoms with van der Waals surface area (Å²) >= 11 is 0. The first-order valence-electron chi connectivity index (χ1n) is 8.73. The summed E-state index contributed by atoms with van der Waals surface area (Å²) in [6.45, 7) is -0.353. The van der Waals surface area contributed by atoms with Crippen molar-refractivity contribution >= 4 is 29.1 Å². The summed E-state index contributed by atoms with van der Waals surface area (Å²) in [5.74, 6) is -1.64. The van der Waals surface area contributed by atoms with Crippen molar-refractivity contribution in [3.63, 3.8) is 0 Å². The van der Waals surface area contributed by atoms with Gasteiger partial charge < -0.3 is 10.1 Å². The van der Waals surface area contributed by atoms with E-state index in [1.54, 1.807) is 30.3 Å². The van der Waals surface area contributed by atoms with Crippen LogP contribution in [0.15, 0.2) is 58.9 Å². The van der Waals surface area contributed by atoms with Gasteiger partial charge >= 0.3 is 0 Å². The highest BCUT2D eigenvalue weighted by Gasteiger charge is 2.55. The average molecular weight is 397 g/mol. The second-order valence-electron chi connectivity index (χ2n) is 6.43. The molecular formula is C19H16FN5O4. The van der Waals surface area contributed by atoms with Gasteiger partial charge in [-0.05, 0) is 36.4 Å². The van der Waals surface area contributed by atoms with Crippen LogP contribution in [0.2, 0.25) is 0 Å². The lowest BCUT2D eigenvalue weighted by molar-refractivity contribution is -0.123. The maximum absolute atomic E-state index is 13.7. The molecule has 0 aromatic heterocycles. The number of ether oxygens (including phenoxy) is 1. The number of carbonyl (C=O) groups is 3. The molecule has 2 atom stereocenters. The number of anilines is 2. The summed E-state index contributed by atoms with van der Waals surface area (Å²) in [7, 11) is 1.51. The maximum atomic E-state index is 13.7. The van der Waals surface area contributed by atoms with Crippen molar-refractivity contribution in [3.8, 4) is 5.75 Å². The van der Waals surface area contributed by atoms with Crippen molar-refractivity contribution in [1.29, 1.82) is 0 Å². The predicted molar refractivity (Wildman–Crippen MR) is 99.7 cm³/mol. The summed E-state index contributed by atoms with van der Waals surface area (Å²) in [5, 5.41) is 11.2. The summed E-state index contributed by atoms with van der Waals surface area (Å²) in [4.78, 5) is 38.8. The Morgan fingerprint density at radius 1 is 1.14 bits per heavy atom. The minimum atomic E-state index is -1.02. The van der Waals surface area contributed by atoms with Crippen molar-refractivity contribution in [3.05, 3.63) is 54.3 Å². The first-order valence-corrected chi connectivity index (χ1v) is 8.73. The molecule has 2 aliphatic rings. The molecule has 3 amide bonds. The Balaban J connectivity index is 1.49. The van der Waals surface area contributed by atoms with E-state index in [1.165, 1.54) is 25.3 Å². The molecule has 2 aromatic rings. The zero-order chi connectivity index (χ0) is 20.5. The van der Waals surface area contributed by atoms with Crippen LogP contribution in [0.1, 0.15) is 0 Å². The minimum absolute atomic E-state index is 0.0128. The van der Waals surface area contributed by atoms with Crippen molar-refractivity contribution in [2.24, 2.45) is 10.3 Å². The lowest BCUT2D eigenvalue weighted by Gasteiger charge is -2.20. The monoisotopic (exact) mass is 397 g/mol. The maximum Gasteiger partial charge on any atom is 0.263 e. The van der Waals surface area contributed by atoms with Crippen LogP contribution in [0.5, 0.6) is 5.75 Å². The normalized spacial score (nSPS) is 20.2. The number of hydrogen-bond acceptors (Lipinski definition) is 7. The highest BCUT2D eigenvalue weighted by molar-refractivity contribution is 6.25. The standard InChI is InChI=1S/C19H16FN5O4/c1-29-12-8-6-11(7-9-12)25-18(27)16-17(19(25)28)24(23-22-16)10-15(26)21-14-5-3-2-4-13(14)20/h2-9,16-17H,10H2,1H3,(H,21,26)/t16-,17-/m0/s1. The number of rotatable bonds is 5. The van der Waals surface area contributed by atoms with Crippen LogP contribution >= 0.6 is 0 Å². The molecule has 9 nitrogen and oxygen atoms in total. The molecule has 0 spiro atoms. The van der Waals surface area contributed by atoms with Gasteiger partial charge in [-0.3, -0.25) is 19.4 Å². The minimum Gasteiger partial charge on any atom is -0.497 e. The number of methoxy groups -OCH3 is 1. The van der Waals surface area contributed by atoms with E-state index in [0.29, 0.717) is 11.4 Å². The third kappa shape index (κ3) is 3.28. The summed E-state index contributed by atoms with van der Waals surface area (Å²) in [6.07, 6.45) is 0. The molecule has 0 unspecified atom stereocenters. The van der Waals surface area contributed by atoms with E-state index in [-0.39, 0.29) is 12.2 Å². The largest absolute Gasteiger partial charge is 0.497 e. The van der Waals surface area contributed by atoms with Gasteiger partial charge in [0, 0.05) is 0 Å². The Bertz CT molecular complexity index is 1010. The van der Waals surface area contributed by atoms with Crippen molar-refractivity contribution in [2.75, 3.05) is 23.9 Å². The van der Waals surface area contributed by atoms with Crippen LogP contribution < -0.4 is 15.0 Å². The lowest BCUT2D eigenvalue weighted by Crippen LogP contribution is -2.43. The molecule has 2 aliphatic heterocycles. The Kier molecular flexibility index (Phi) is 4.67. The van der Waals surface area contributed by atoms with E-state index in [0.717, 1.165) is 9.91 Å². The molecular weight excluding hydrogens is 381 g/mol. The van der Waals surface area contributed by atoms with Crippen molar-refractivity contribution in [2.45, 2.75) is 12.1 Å². The van der Waals surface area contributed by atoms with Crippen LogP contribution in [0.4, 0.5) is 15.8 Å². The van der Waals surface area contributed by atoms with Crippen molar-refractivity contribution < 1.29 is 23.5 Å². The molecule has 2 aromatic carbocycles. The fraction of sp³-hybridized carbons (Fsp3) is 0.211. The van der Waals surface area contributed by atoms with Gasteiger partial charge in [0.05, 0.1) is 18.5 Å². The Labute approximate surface area is 164 Å². The third-order valence-electron chi connectivity index (χ3n) is 4.64. The second-order valence-corrected chi connectivity index (χ2v) is 6.43. The third-order valence-corrected chi connectivity index (χ3v) is 4.64. The Morgan fingerprint density at radius 3 is 2.55 bits per heavy atom. The SMILES string of the molecule is COc1ccc(N2C(=O)[C@H]3N=NN(CC(=O)Nc4ccccc4F)[C@@H]3C2=O)cc1. The number of fused-ring (bicyclic) bond motifs is 1. The smallest absolute Gasteiger partial charge is 0.263 e. The molecule has 10 heteroatoms. The van der Waals surface area contributed by atoms with Crippen LogP contribution in [0.25, 0.3) is 0 Å². The Hall–Kier alpha value is -3.82. The highest BCUT2D eigenvalue weighted by atomic mass is 19.1. The number of nitrogens with one attached hydrogen (secondary N) is 1. The summed E-state index contributed by atoms with van der Waals surface area (Å²) in [6, 6.07) is 10.1. The number of para-hydroxylation sites is 1. The van der Waals surface area contributed by atoms with Gasteiger partial charge in [0.2, 0.25) is 5.91 Å². The first-order chi connectivity index (χ1) is 14.0. The fourth-order valence-corrected chi connectivity index (χ4v) is 3.24. The summed E-state index contributed by atoms with van der Waals surface area (Å²) < 4.78 is 18.8. The van der Waals surface area contributed by atoms with Gasteiger partial charge in [-0.15, -0.1) is 0 Å². The molecule has 1 saturated heterocycles. The van der Waals surface area contributed by atoms with Gasteiger partial charge in [-0.2, -0.15) is 5.11 Å². The van der Waals surface area contributed by atoms with Crippen LogP contribution in [-0.4, -0.2) is 48.5 Å². The van der Waals surface area contributed by atoms with Gasteiger partial charge in [0.1, 0.15) is 18.1 Å². The van der Waals surface area contributed by atoms with E-state index in [2.05, 4.69) is 15.7 Å². The molecule has 4 rings (SSSR count). The average Bonchev–Trinajstić information content (AvgIpc) is 3.23. The number of amides is 3. The zero-order valence-corrected chi connectivity index (χ0v) is 15.3. The topological polar surface area (TPSA) is 104 Å². The van der Waals surface area contributed by atoms with E-state index in [1.807, 2.05) is 0 Å².